The Bertz CT molecular complexity index is 562. The van der Waals surface area contributed by atoms with Crippen LogP contribution in [0.25, 0.3) is 0 Å². The van der Waals surface area contributed by atoms with Gasteiger partial charge in [0.15, 0.2) is 0 Å². The maximum absolute atomic E-state index is 4.38. The van der Waals surface area contributed by atoms with Crippen LogP contribution >= 0.6 is 15.9 Å². The standard InChI is InChI=1S/C14H16BrN3/c1-10-5-4-8-18-13(16-17-14(10)18)9-11-6-2-3-7-12(11)15/h2-3,6-7,10H,4-5,8-9H2,1H3. The number of aromatic nitrogens is 3. The second-order valence-electron chi connectivity index (χ2n) is 4.94. The number of nitrogens with zero attached hydrogens (tertiary/aromatic N) is 3. The van der Waals surface area contributed by atoms with Crippen LogP contribution in [0.15, 0.2) is 28.7 Å². The minimum absolute atomic E-state index is 0.541. The van der Waals surface area contributed by atoms with Crippen LogP contribution in [0.4, 0.5) is 0 Å². The summed E-state index contributed by atoms with van der Waals surface area (Å²) in [4.78, 5) is 0. The average molecular weight is 306 g/mol. The first-order chi connectivity index (χ1) is 8.75. The number of hydrogen-bond donors (Lipinski definition) is 0. The first-order valence-electron chi connectivity index (χ1n) is 6.41. The van der Waals surface area contributed by atoms with Crippen LogP contribution in [-0.4, -0.2) is 14.8 Å². The highest BCUT2D eigenvalue weighted by Crippen LogP contribution is 2.27. The van der Waals surface area contributed by atoms with Crippen molar-refractivity contribution in [2.75, 3.05) is 0 Å². The lowest BCUT2D eigenvalue weighted by atomic mass is 10.0. The van der Waals surface area contributed by atoms with Gasteiger partial charge in [0, 0.05) is 23.4 Å². The van der Waals surface area contributed by atoms with Crippen molar-refractivity contribution in [3.05, 3.63) is 46.0 Å². The van der Waals surface area contributed by atoms with Crippen molar-refractivity contribution < 1.29 is 0 Å². The highest BCUT2D eigenvalue weighted by Gasteiger charge is 2.21. The third-order valence-corrected chi connectivity index (χ3v) is 4.40. The van der Waals surface area contributed by atoms with Crippen LogP contribution in [0.5, 0.6) is 0 Å². The summed E-state index contributed by atoms with van der Waals surface area (Å²) in [5, 5.41) is 8.74. The molecule has 0 aliphatic carbocycles. The molecular weight excluding hydrogens is 290 g/mol. The molecule has 3 nitrogen and oxygen atoms in total. The summed E-state index contributed by atoms with van der Waals surface area (Å²) in [5.74, 6) is 2.78. The van der Waals surface area contributed by atoms with E-state index in [1.165, 1.54) is 18.4 Å². The third kappa shape index (κ3) is 2.09. The molecular formula is C14H16BrN3. The van der Waals surface area contributed by atoms with Crippen LogP contribution in [-0.2, 0) is 13.0 Å². The number of halogens is 1. The van der Waals surface area contributed by atoms with Gasteiger partial charge in [0.05, 0.1) is 0 Å². The van der Waals surface area contributed by atoms with E-state index in [4.69, 9.17) is 0 Å². The van der Waals surface area contributed by atoms with Crippen molar-refractivity contribution >= 4 is 15.9 Å². The lowest BCUT2D eigenvalue weighted by Gasteiger charge is -2.20. The molecule has 0 saturated carbocycles. The molecule has 18 heavy (non-hydrogen) atoms. The Morgan fingerprint density at radius 2 is 2.17 bits per heavy atom. The van der Waals surface area contributed by atoms with E-state index in [1.54, 1.807) is 0 Å². The van der Waals surface area contributed by atoms with Crippen molar-refractivity contribution in [3.63, 3.8) is 0 Å². The Balaban J connectivity index is 1.92. The third-order valence-electron chi connectivity index (χ3n) is 3.62. The van der Waals surface area contributed by atoms with Gasteiger partial charge in [-0.2, -0.15) is 0 Å². The van der Waals surface area contributed by atoms with Crippen molar-refractivity contribution in [2.24, 2.45) is 0 Å². The van der Waals surface area contributed by atoms with E-state index in [9.17, 15) is 0 Å². The van der Waals surface area contributed by atoms with E-state index in [-0.39, 0.29) is 0 Å². The highest BCUT2D eigenvalue weighted by atomic mass is 79.9. The van der Waals surface area contributed by atoms with Crippen LogP contribution < -0.4 is 0 Å². The molecule has 1 unspecified atom stereocenters. The zero-order valence-corrected chi connectivity index (χ0v) is 12.0. The monoisotopic (exact) mass is 305 g/mol. The molecule has 0 radical (unpaired) electrons. The highest BCUT2D eigenvalue weighted by molar-refractivity contribution is 9.10. The van der Waals surface area contributed by atoms with Gasteiger partial charge in [-0.15, -0.1) is 10.2 Å². The van der Waals surface area contributed by atoms with Gasteiger partial charge in [-0.05, 0) is 24.5 Å². The largest absolute Gasteiger partial charge is 0.314 e. The minimum Gasteiger partial charge on any atom is -0.314 e. The molecule has 2 aromatic rings. The molecule has 0 spiro atoms. The maximum atomic E-state index is 4.38. The number of fused-ring (bicyclic) bond motifs is 1. The second kappa shape index (κ2) is 4.84. The van der Waals surface area contributed by atoms with Gasteiger partial charge in [-0.25, -0.2) is 0 Å². The molecule has 2 heterocycles. The predicted octanol–water partition coefficient (Wildman–Crippen LogP) is 3.53. The summed E-state index contributed by atoms with van der Waals surface area (Å²) >= 11 is 3.59. The van der Waals surface area contributed by atoms with Crippen LogP contribution in [0.2, 0.25) is 0 Å². The number of rotatable bonds is 2. The van der Waals surface area contributed by atoms with E-state index in [0.29, 0.717) is 5.92 Å². The van der Waals surface area contributed by atoms with Gasteiger partial charge in [-0.3, -0.25) is 0 Å². The first-order valence-corrected chi connectivity index (χ1v) is 7.20. The summed E-state index contributed by atoms with van der Waals surface area (Å²) in [6.45, 7) is 3.30. The van der Waals surface area contributed by atoms with Crippen molar-refractivity contribution in [2.45, 2.75) is 38.6 Å². The fourth-order valence-electron chi connectivity index (χ4n) is 2.58. The van der Waals surface area contributed by atoms with Gasteiger partial charge in [0.1, 0.15) is 11.6 Å². The Hall–Kier alpha value is -1.16. The van der Waals surface area contributed by atoms with Gasteiger partial charge in [0.25, 0.3) is 0 Å². The summed E-state index contributed by atoms with van der Waals surface area (Å²) in [6.07, 6.45) is 3.31. The van der Waals surface area contributed by atoms with Gasteiger partial charge in [0.2, 0.25) is 0 Å². The lowest BCUT2D eigenvalue weighted by molar-refractivity contribution is 0.456. The SMILES string of the molecule is CC1CCCn2c(Cc3ccccc3Br)nnc21. The fourth-order valence-corrected chi connectivity index (χ4v) is 3.01. The van der Waals surface area contributed by atoms with Crippen molar-refractivity contribution in [3.8, 4) is 0 Å². The van der Waals surface area contributed by atoms with Gasteiger partial charge >= 0.3 is 0 Å². The Morgan fingerprint density at radius 3 is 3.00 bits per heavy atom. The number of hydrogen-bond acceptors (Lipinski definition) is 2. The van der Waals surface area contributed by atoms with Crippen molar-refractivity contribution in [1.29, 1.82) is 0 Å². The molecule has 0 fully saturated rings. The molecule has 1 aliphatic heterocycles. The predicted molar refractivity (Wildman–Crippen MR) is 74.6 cm³/mol. The van der Waals surface area contributed by atoms with E-state index in [0.717, 1.165) is 29.1 Å². The second-order valence-corrected chi connectivity index (χ2v) is 5.79. The quantitative estimate of drug-likeness (QED) is 0.850. The summed E-state index contributed by atoms with van der Waals surface area (Å²) in [7, 11) is 0. The van der Waals surface area contributed by atoms with Crippen molar-refractivity contribution in [1.82, 2.24) is 14.8 Å². The summed E-state index contributed by atoms with van der Waals surface area (Å²) in [6, 6.07) is 8.31. The molecule has 1 aliphatic rings. The lowest BCUT2D eigenvalue weighted by Crippen LogP contribution is -2.16. The Morgan fingerprint density at radius 1 is 1.33 bits per heavy atom. The number of benzene rings is 1. The normalized spacial score (nSPS) is 18.7. The van der Waals surface area contributed by atoms with E-state index in [2.05, 4.69) is 55.8 Å². The molecule has 0 N–H and O–H groups in total. The smallest absolute Gasteiger partial charge is 0.137 e. The van der Waals surface area contributed by atoms with Crippen LogP contribution in [0, 0.1) is 0 Å². The first kappa shape index (κ1) is 11.9. The van der Waals surface area contributed by atoms with E-state index >= 15 is 0 Å². The zero-order chi connectivity index (χ0) is 12.5. The molecule has 1 aromatic carbocycles. The molecule has 1 aromatic heterocycles. The van der Waals surface area contributed by atoms with E-state index < -0.39 is 0 Å². The maximum Gasteiger partial charge on any atom is 0.137 e. The molecule has 4 heteroatoms. The van der Waals surface area contributed by atoms with Gasteiger partial charge < -0.3 is 4.57 Å². The molecule has 0 saturated heterocycles. The molecule has 3 rings (SSSR count). The van der Waals surface area contributed by atoms with Crippen LogP contribution in [0.1, 0.15) is 42.9 Å². The average Bonchev–Trinajstić information content (AvgIpc) is 2.77. The van der Waals surface area contributed by atoms with E-state index in [1.807, 2.05) is 6.07 Å². The molecule has 0 amide bonds. The minimum atomic E-state index is 0.541. The molecule has 1 atom stereocenters. The molecule has 0 bridgehead atoms. The Kier molecular flexibility index (Phi) is 3.20. The summed E-state index contributed by atoms with van der Waals surface area (Å²) in [5.41, 5.74) is 1.27. The topological polar surface area (TPSA) is 30.7 Å². The zero-order valence-electron chi connectivity index (χ0n) is 10.4. The van der Waals surface area contributed by atoms with Crippen LogP contribution in [0.3, 0.4) is 0 Å². The Labute approximate surface area is 115 Å². The molecule has 94 valence electrons. The fraction of sp³-hybridized carbons (Fsp3) is 0.429. The van der Waals surface area contributed by atoms with Gasteiger partial charge in [-0.1, -0.05) is 41.1 Å². The summed E-state index contributed by atoms with van der Waals surface area (Å²) < 4.78 is 3.44.